The SMILES string of the molecule is CCCOc1cc2oc(=O)cc(-c3ccccc3)c2cc1CCC. The normalized spacial score (nSPS) is 10.9. The van der Waals surface area contributed by atoms with Gasteiger partial charge >= 0.3 is 5.63 Å². The van der Waals surface area contributed by atoms with E-state index in [9.17, 15) is 4.79 Å². The molecule has 3 heteroatoms. The highest BCUT2D eigenvalue weighted by atomic mass is 16.5. The van der Waals surface area contributed by atoms with E-state index in [0.717, 1.165) is 47.1 Å². The molecule has 0 bridgehead atoms. The molecular weight excluding hydrogens is 300 g/mol. The summed E-state index contributed by atoms with van der Waals surface area (Å²) in [7, 11) is 0. The van der Waals surface area contributed by atoms with Crippen LogP contribution in [0.25, 0.3) is 22.1 Å². The summed E-state index contributed by atoms with van der Waals surface area (Å²) in [6.07, 6.45) is 2.91. The number of hydrogen-bond acceptors (Lipinski definition) is 3. The van der Waals surface area contributed by atoms with Crippen LogP contribution in [0, 0.1) is 0 Å². The summed E-state index contributed by atoms with van der Waals surface area (Å²) in [5, 5.41) is 0.952. The molecule has 1 heterocycles. The zero-order chi connectivity index (χ0) is 16.9. The molecule has 0 amide bonds. The second kappa shape index (κ2) is 7.35. The lowest BCUT2D eigenvalue weighted by molar-refractivity contribution is 0.314. The minimum atomic E-state index is -0.342. The number of fused-ring (bicyclic) bond motifs is 1. The largest absolute Gasteiger partial charge is 0.493 e. The third-order valence-corrected chi connectivity index (χ3v) is 3.99. The number of aryl methyl sites for hydroxylation is 1. The lowest BCUT2D eigenvalue weighted by atomic mass is 9.98. The maximum absolute atomic E-state index is 12.0. The summed E-state index contributed by atoms with van der Waals surface area (Å²) in [6.45, 7) is 4.88. The maximum Gasteiger partial charge on any atom is 0.336 e. The molecule has 3 rings (SSSR count). The van der Waals surface area contributed by atoms with Gasteiger partial charge in [0, 0.05) is 17.5 Å². The first kappa shape index (κ1) is 16.3. The van der Waals surface area contributed by atoms with E-state index in [-0.39, 0.29) is 5.63 Å². The van der Waals surface area contributed by atoms with E-state index in [0.29, 0.717) is 12.2 Å². The van der Waals surface area contributed by atoms with Crippen LogP contribution < -0.4 is 10.4 Å². The van der Waals surface area contributed by atoms with Crippen LogP contribution in [0.5, 0.6) is 5.75 Å². The van der Waals surface area contributed by atoms with Crippen LogP contribution in [-0.2, 0) is 6.42 Å². The van der Waals surface area contributed by atoms with Gasteiger partial charge in [0.25, 0.3) is 0 Å². The van der Waals surface area contributed by atoms with E-state index in [2.05, 4.69) is 19.9 Å². The molecule has 0 fully saturated rings. The summed E-state index contributed by atoms with van der Waals surface area (Å²) in [5.74, 6) is 0.819. The number of hydrogen-bond donors (Lipinski definition) is 0. The first-order valence-corrected chi connectivity index (χ1v) is 8.52. The van der Waals surface area contributed by atoms with Crippen LogP contribution in [-0.4, -0.2) is 6.61 Å². The molecule has 1 aromatic heterocycles. The third kappa shape index (κ3) is 3.35. The van der Waals surface area contributed by atoms with Gasteiger partial charge < -0.3 is 9.15 Å². The highest BCUT2D eigenvalue weighted by Crippen LogP contribution is 2.33. The molecule has 24 heavy (non-hydrogen) atoms. The number of benzene rings is 2. The van der Waals surface area contributed by atoms with Gasteiger partial charge in [-0.15, -0.1) is 0 Å². The lowest BCUT2D eigenvalue weighted by Gasteiger charge is -2.13. The van der Waals surface area contributed by atoms with Gasteiger partial charge in [-0.1, -0.05) is 50.6 Å². The molecule has 3 aromatic rings. The Morgan fingerprint density at radius 3 is 2.50 bits per heavy atom. The van der Waals surface area contributed by atoms with Crippen molar-refractivity contribution in [1.82, 2.24) is 0 Å². The average molecular weight is 322 g/mol. The Bertz CT molecular complexity index is 879. The minimum Gasteiger partial charge on any atom is -0.493 e. The van der Waals surface area contributed by atoms with E-state index < -0.39 is 0 Å². The monoisotopic (exact) mass is 322 g/mol. The van der Waals surface area contributed by atoms with Crippen molar-refractivity contribution in [2.24, 2.45) is 0 Å². The first-order chi connectivity index (χ1) is 11.7. The van der Waals surface area contributed by atoms with Crippen LogP contribution in [0.15, 0.2) is 57.7 Å². The van der Waals surface area contributed by atoms with E-state index in [4.69, 9.17) is 9.15 Å². The average Bonchev–Trinajstić information content (AvgIpc) is 2.60. The van der Waals surface area contributed by atoms with E-state index >= 15 is 0 Å². The van der Waals surface area contributed by atoms with E-state index in [1.165, 1.54) is 0 Å². The molecule has 0 aliphatic heterocycles. The molecule has 0 saturated heterocycles. The summed E-state index contributed by atoms with van der Waals surface area (Å²) in [6, 6.07) is 15.5. The number of ether oxygens (including phenoxy) is 1. The van der Waals surface area contributed by atoms with Crippen LogP contribution in [0.1, 0.15) is 32.3 Å². The smallest absolute Gasteiger partial charge is 0.336 e. The van der Waals surface area contributed by atoms with Crippen LogP contribution >= 0.6 is 0 Å². The van der Waals surface area contributed by atoms with Gasteiger partial charge in [0.15, 0.2) is 0 Å². The molecule has 0 N–H and O–H groups in total. The van der Waals surface area contributed by atoms with E-state index in [1.807, 2.05) is 36.4 Å². The second-order valence-electron chi connectivity index (χ2n) is 5.90. The lowest BCUT2D eigenvalue weighted by Crippen LogP contribution is -2.02. The molecule has 124 valence electrons. The van der Waals surface area contributed by atoms with Crippen molar-refractivity contribution in [2.75, 3.05) is 6.61 Å². The van der Waals surface area contributed by atoms with Gasteiger partial charge in [0.2, 0.25) is 0 Å². The van der Waals surface area contributed by atoms with Crippen molar-refractivity contribution in [3.8, 4) is 16.9 Å². The van der Waals surface area contributed by atoms with Gasteiger partial charge in [0.1, 0.15) is 11.3 Å². The van der Waals surface area contributed by atoms with Gasteiger partial charge in [-0.2, -0.15) is 0 Å². The molecule has 0 unspecified atom stereocenters. The fourth-order valence-electron chi connectivity index (χ4n) is 2.90. The zero-order valence-electron chi connectivity index (χ0n) is 14.2. The Labute approximate surface area is 141 Å². The van der Waals surface area contributed by atoms with Crippen molar-refractivity contribution in [1.29, 1.82) is 0 Å². The van der Waals surface area contributed by atoms with Crippen molar-refractivity contribution >= 4 is 11.0 Å². The van der Waals surface area contributed by atoms with Crippen molar-refractivity contribution < 1.29 is 9.15 Å². The Morgan fingerprint density at radius 2 is 1.79 bits per heavy atom. The Morgan fingerprint density at radius 1 is 1.00 bits per heavy atom. The third-order valence-electron chi connectivity index (χ3n) is 3.99. The topological polar surface area (TPSA) is 39.4 Å². The van der Waals surface area contributed by atoms with Crippen LogP contribution in [0.2, 0.25) is 0 Å². The minimum absolute atomic E-state index is 0.342. The Hall–Kier alpha value is -2.55. The molecule has 0 radical (unpaired) electrons. The zero-order valence-corrected chi connectivity index (χ0v) is 14.2. The molecule has 2 aromatic carbocycles. The van der Waals surface area contributed by atoms with Gasteiger partial charge in [-0.25, -0.2) is 4.79 Å². The highest BCUT2D eigenvalue weighted by Gasteiger charge is 2.13. The maximum atomic E-state index is 12.0. The van der Waals surface area contributed by atoms with Crippen molar-refractivity contribution in [3.63, 3.8) is 0 Å². The summed E-state index contributed by atoms with van der Waals surface area (Å²) in [5.41, 5.74) is 3.31. The van der Waals surface area contributed by atoms with Crippen LogP contribution in [0.3, 0.4) is 0 Å². The van der Waals surface area contributed by atoms with Crippen molar-refractivity contribution in [3.05, 3.63) is 64.5 Å². The Balaban J connectivity index is 2.23. The van der Waals surface area contributed by atoms with Gasteiger partial charge in [-0.05, 0) is 35.6 Å². The summed E-state index contributed by atoms with van der Waals surface area (Å²) < 4.78 is 11.3. The fourth-order valence-corrected chi connectivity index (χ4v) is 2.90. The number of rotatable bonds is 6. The molecule has 0 aliphatic carbocycles. The molecule has 0 atom stereocenters. The summed E-state index contributed by atoms with van der Waals surface area (Å²) >= 11 is 0. The quantitative estimate of drug-likeness (QED) is 0.585. The predicted molar refractivity (Wildman–Crippen MR) is 97.7 cm³/mol. The standard InChI is InChI=1S/C21H22O3/c1-3-8-16-12-18-17(15-9-6-5-7-10-15)13-21(22)24-20(18)14-19(16)23-11-4-2/h5-7,9-10,12-14H,3-4,8,11H2,1-2H3. The Kier molecular flexibility index (Phi) is 4.99. The predicted octanol–water partition coefficient (Wildman–Crippen LogP) is 5.20. The molecule has 3 nitrogen and oxygen atoms in total. The molecular formula is C21H22O3. The van der Waals surface area contributed by atoms with E-state index in [1.54, 1.807) is 6.07 Å². The van der Waals surface area contributed by atoms with Crippen LogP contribution in [0.4, 0.5) is 0 Å². The second-order valence-corrected chi connectivity index (χ2v) is 5.90. The van der Waals surface area contributed by atoms with Gasteiger partial charge in [-0.3, -0.25) is 0 Å². The molecule has 0 spiro atoms. The van der Waals surface area contributed by atoms with Crippen molar-refractivity contribution in [2.45, 2.75) is 33.1 Å². The summed E-state index contributed by atoms with van der Waals surface area (Å²) in [4.78, 5) is 12.0. The molecule has 0 aliphatic rings. The van der Waals surface area contributed by atoms with Gasteiger partial charge in [0.05, 0.1) is 6.61 Å². The molecule has 0 saturated carbocycles. The first-order valence-electron chi connectivity index (χ1n) is 8.52. The highest BCUT2D eigenvalue weighted by molar-refractivity contribution is 5.94. The fraction of sp³-hybridized carbons (Fsp3) is 0.286.